The number of ether oxygens (including phenoxy) is 2. The van der Waals surface area contributed by atoms with Crippen molar-refractivity contribution >= 4 is 32.9 Å². The zero-order valence-electron chi connectivity index (χ0n) is 24.0. The van der Waals surface area contributed by atoms with Crippen LogP contribution in [0.1, 0.15) is 46.7 Å². The molecule has 2 heterocycles. The van der Waals surface area contributed by atoms with Gasteiger partial charge in [0, 0.05) is 41.7 Å². The summed E-state index contributed by atoms with van der Waals surface area (Å²) in [5.74, 6) is -0.0624. The topological polar surface area (TPSA) is 86.5 Å². The van der Waals surface area contributed by atoms with Crippen molar-refractivity contribution in [3.05, 3.63) is 111 Å². The first-order chi connectivity index (χ1) is 20.3. The molecule has 0 unspecified atom stereocenters. The van der Waals surface area contributed by atoms with Crippen molar-refractivity contribution in [2.24, 2.45) is 0 Å². The van der Waals surface area contributed by atoms with Crippen LogP contribution >= 0.6 is 15.9 Å². The van der Waals surface area contributed by atoms with Crippen LogP contribution in [0, 0.1) is 12.7 Å². The van der Waals surface area contributed by atoms with Gasteiger partial charge in [-0.25, -0.2) is 19.2 Å². The SMILES string of the molecule is CC.COCCn1c(Cc2ccc(-c3cccc(OCc4ccc(C)cc4F)n3)c(Br)c2)nc2ccc(C(=O)O)cc21. The number of nitrogens with zero attached hydrogens (tertiary/aromatic N) is 3. The Kier molecular flexibility index (Phi) is 10.4. The fraction of sp³-hybridized carbons (Fsp3) is 0.242. The molecule has 42 heavy (non-hydrogen) atoms. The molecular weight excluding hydrogens is 601 g/mol. The molecule has 0 saturated carbocycles. The number of carbonyl (C=O) groups is 1. The number of rotatable bonds is 10. The molecule has 5 aromatic rings. The van der Waals surface area contributed by atoms with Gasteiger partial charge in [0.1, 0.15) is 18.2 Å². The number of methoxy groups -OCH3 is 1. The van der Waals surface area contributed by atoms with E-state index in [-0.39, 0.29) is 18.0 Å². The van der Waals surface area contributed by atoms with Gasteiger partial charge in [-0.3, -0.25) is 0 Å². The van der Waals surface area contributed by atoms with Crippen LogP contribution in [0.5, 0.6) is 5.88 Å². The van der Waals surface area contributed by atoms with E-state index in [2.05, 4.69) is 20.9 Å². The van der Waals surface area contributed by atoms with Gasteiger partial charge in [0.15, 0.2) is 0 Å². The lowest BCUT2D eigenvalue weighted by Crippen LogP contribution is -2.09. The Morgan fingerprint density at radius 3 is 2.55 bits per heavy atom. The minimum absolute atomic E-state index is 0.0840. The highest BCUT2D eigenvalue weighted by molar-refractivity contribution is 9.10. The molecule has 7 nitrogen and oxygen atoms in total. The predicted molar refractivity (Wildman–Crippen MR) is 166 cm³/mol. The second kappa shape index (κ2) is 14.2. The second-order valence-electron chi connectivity index (χ2n) is 9.42. The van der Waals surface area contributed by atoms with E-state index < -0.39 is 5.97 Å². The third-order valence-electron chi connectivity index (χ3n) is 6.57. The Morgan fingerprint density at radius 2 is 1.83 bits per heavy atom. The minimum Gasteiger partial charge on any atom is -0.478 e. The van der Waals surface area contributed by atoms with Crippen molar-refractivity contribution in [3.8, 4) is 17.1 Å². The summed E-state index contributed by atoms with van der Waals surface area (Å²) in [5, 5.41) is 9.44. The number of aromatic carboxylic acids is 1. The smallest absolute Gasteiger partial charge is 0.335 e. The number of fused-ring (bicyclic) bond motifs is 1. The number of carboxylic acid groups (broad SMARTS) is 1. The Morgan fingerprint density at radius 1 is 1.02 bits per heavy atom. The Hall–Kier alpha value is -4.08. The fourth-order valence-corrected chi connectivity index (χ4v) is 5.13. The first kappa shape index (κ1) is 30.9. The molecule has 0 saturated heterocycles. The van der Waals surface area contributed by atoms with E-state index in [1.165, 1.54) is 6.07 Å². The number of carboxylic acids is 1. The summed E-state index contributed by atoms with van der Waals surface area (Å²) in [5.41, 5.74) is 5.65. The summed E-state index contributed by atoms with van der Waals surface area (Å²) < 4.78 is 28.1. The average Bonchev–Trinajstić information content (AvgIpc) is 3.32. The van der Waals surface area contributed by atoms with E-state index in [1.54, 1.807) is 37.4 Å². The van der Waals surface area contributed by atoms with Gasteiger partial charge < -0.3 is 19.1 Å². The van der Waals surface area contributed by atoms with E-state index in [9.17, 15) is 14.3 Å². The number of hydrogen-bond acceptors (Lipinski definition) is 5. The zero-order chi connectivity index (χ0) is 30.2. The van der Waals surface area contributed by atoms with Gasteiger partial charge in [0.2, 0.25) is 5.88 Å². The third kappa shape index (κ3) is 7.21. The highest BCUT2D eigenvalue weighted by Crippen LogP contribution is 2.30. The number of halogens is 2. The summed E-state index contributed by atoms with van der Waals surface area (Å²) >= 11 is 3.69. The molecule has 2 aromatic heterocycles. The summed E-state index contributed by atoms with van der Waals surface area (Å²) in [6, 6.07) is 21.5. The Labute approximate surface area is 253 Å². The molecule has 0 amide bonds. The van der Waals surface area contributed by atoms with Gasteiger partial charge >= 0.3 is 5.97 Å². The number of benzene rings is 3. The standard InChI is InChI=1S/C31H27BrFN3O4.C2H6/c1-19-6-8-22(25(33)14-19)18-40-30-5-3-4-26(35-30)23-10-7-20(15-24(23)32)16-29-34-27-11-9-21(31(37)38)17-28(27)36(29)12-13-39-2;1-2/h3-11,14-15,17H,12-13,16,18H2,1-2H3,(H,37,38);1-2H3. The largest absolute Gasteiger partial charge is 0.478 e. The van der Waals surface area contributed by atoms with Crippen LogP contribution in [0.15, 0.2) is 77.3 Å². The molecular formula is C33H33BrFN3O4. The minimum atomic E-state index is -0.979. The van der Waals surface area contributed by atoms with E-state index >= 15 is 0 Å². The molecule has 1 N–H and O–H groups in total. The van der Waals surface area contributed by atoms with Gasteiger partial charge in [0.25, 0.3) is 0 Å². The van der Waals surface area contributed by atoms with E-state index in [1.807, 2.05) is 61.7 Å². The van der Waals surface area contributed by atoms with Crippen LogP contribution < -0.4 is 4.74 Å². The maximum Gasteiger partial charge on any atom is 0.335 e. The van der Waals surface area contributed by atoms with E-state index in [0.29, 0.717) is 36.7 Å². The summed E-state index contributed by atoms with van der Waals surface area (Å²) in [4.78, 5) is 20.9. The number of aromatic nitrogens is 3. The van der Waals surface area contributed by atoms with Crippen molar-refractivity contribution in [2.75, 3.05) is 13.7 Å². The van der Waals surface area contributed by atoms with Crippen LogP contribution in [-0.4, -0.2) is 39.3 Å². The Balaban J connectivity index is 0.00000198. The second-order valence-corrected chi connectivity index (χ2v) is 10.3. The molecule has 3 aromatic carbocycles. The molecule has 0 bridgehead atoms. The van der Waals surface area contributed by atoms with Crippen LogP contribution in [0.4, 0.5) is 4.39 Å². The number of hydrogen-bond donors (Lipinski definition) is 1. The zero-order valence-corrected chi connectivity index (χ0v) is 25.6. The lowest BCUT2D eigenvalue weighted by molar-refractivity contribution is 0.0697. The fourth-order valence-electron chi connectivity index (χ4n) is 4.50. The molecule has 0 spiro atoms. The van der Waals surface area contributed by atoms with E-state index in [0.717, 1.165) is 38.0 Å². The lowest BCUT2D eigenvalue weighted by atomic mass is 10.1. The molecule has 0 aliphatic carbocycles. The summed E-state index contributed by atoms with van der Waals surface area (Å²) in [6.45, 7) is 6.95. The van der Waals surface area contributed by atoms with Crippen LogP contribution in [0.25, 0.3) is 22.3 Å². The normalized spacial score (nSPS) is 10.8. The first-order valence-corrected chi connectivity index (χ1v) is 14.5. The summed E-state index contributed by atoms with van der Waals surface area (Å²) in [6.07, 6.45) is 0.540. The van der Waals surface area contributed by atoms with Crippen molar-refractivity contribution in [1.82, 2.24) is 14.5 Å². The van der Waals surface area contributed by atoms with Gasteiger partial charge in [0.05, 0.1) is 28.9 Å². The third-order valence-corrected chi connectivity index (χ3v) is 7.23. The highest BCUT2D eigenvalue weighted by atomic mass is 79.9. The lowest BCUT2D eigenvalue weighted by Gasteiger charge is -2.12. The van der Waals surface area contributed by atoms with Crippen LogP contribution in [-0.2, 0) is 24.3 Å². The van der Waals surface area contributed by atoms with Crippen molar-refractivity contribution in [1.29, 1.82) is 0 Å². The first-order valence-electron chi connectivity index (χ1n) is 13.7. The predicted octanol–water partition coefficient (Wildman–Crippen LogP) is 7.85. The monoisotopic (exact) mass is 633 g/mol. The van der Waals surface area contributed by atoms with Crippen LogP contribution in [0.3, 0.4) is 0 Å². The van der Waals surface area contributed by atoms with Crippen LogP contribution in [0.2, 0.25) is 0 Å². The molecule has 0 aliphatic rings. The molecule has 0 fully saturated rings. The van der Waals surface area contributed by atoms with Gasteiger partial charge in [-0.05, 0) is 54.4 Å². The molecule has 0 radical (unpaired) electrons. The highest BCUT2D eigenvalue weighted by Gasteiger charge is 2.15. The maximum atomic E-state index is 14.2. The number of pyridine rings is 1. The van der Waals surface area contributed by atoms with Crippen molar-refractivity contribution in [2.45, 2.75) is 40.3 Å². The van der Waals surface area contributed by atoms with Gasteiger partial charge in [-0.1, -0.05) is 60.1 Å². The Bertz CT molecular complexity index is 1700. The van der Waals surface area contributed by atoms with Gasteiger partial charge in [-0.15, -0.1) is 0 Å². The molecule has 5 rings (SSSR count). The average molecular weight is 635 g/mol. The number of imidazole rings is 1. The van der Waals surface area contributed by atoms with Gasteiger partial charge in [-0.2, -0.15) is 0 Å². The number of aryl methyl sites for hydroxylation is 1. The van der Waals surface area contributed by atoms with Crippen molar-refractivity contribution in [3.63, 3.8) is 0 Å². The maximum absolute atomic E-state index is 14.2. The molecule has 9 heteroatoms. The van der Waals surface area contributed by atoms with E-state index in [4.69, 9.17) is 14.5 Å². The van der Waals surface area contributed by atoms with Crippen molar-refractivity contribution < 1.29 is 23.8 Å². The quantitative estimate of drug-likeness (QED) is 0.168. The summed E-state index contributed by atoms with van der Waals surface area (Å²) in [7, 11) is 1.63. The molecule has 0 atom stereocenters. The molecule has 218 valence electrons. The molecule has 0 aliphatic heterocycles.